The number of benzene rings is 2. The Morgan fingerprint density at radius 3 is 2.38 bits per heavy atom. The number of halogens is 1. The molecule has 0 unspecified atom stereocenters. The summed E-state index contributed by atoms with van der Waals surface area (Å²) in [5.41, 5.74) is 2.82. The van der Waals surface area contributed by atoms with Crippen molar-refractivity contribution in [1.82, 2.24) is 0 Å². The zero-order valence-corrected chi connectivity index (χ0v) is 20.3. The highest BCUT2D eigenvalue weighted by atomic mass is 35.5. The Labute approximate surface area is 207 Å². The van der Waals surface area contributed by atoms with Crippen molar-refractivity contribution < 1.29 is 14.3 Å². The number of thiophene rings is 1. The van der Waals surface area contributed by atoms with E-state index in [1.54, 1.807) is 18.3 Å². The van der Waals surface area contributed by atoms with E-state index in [4.69, 9.17) is 26.2 Å². The van der Waals surface area contributed by atoms with E-state index in [0.717, 1.165) is 48.2 Å². The lowest BCUT2D eigenvalue weighted by Gasteiger charge is -2.32. The van der Waals surface area contributed by atoms with E-state index in [9.17, 15) is 4.79 Å². The highest BCUT2D eigenvalue weighted by Crippen LogP contribution is 2.41. The number of amidine groups is 1. The van der Waals surface area contributed by atoms with Crippen LogP contribution >= 0.6 is 22.9 Å². The van der Waals surface area contributed by atoms with E-state index in [2.05, 4.69) is 23.1 Å². The minimum Gasteiger partial charge on any atom is -0.460 e. The molecule has 0 radical (unpaired) electrons. The number of hydrogen-bond acceptors (Lipinski definition) is 8. The number of morpholine rings is 1. The molecule has 34 heavy (non-hydrogen) atoms. The number of anilines is 3. The summed E-state index contributed by atoms with van der Waals surface area (Å²) in [5.74, 6) is -0.216. The molecule has 3 aromatic rings. The average Bonchev–Trinajstić information content (AvgIpc) is 3.54. The van der Waals surface area contributed by atoms with Crippen molar-refractivity contribution in [3.63, 3.8) is 0 Å². The van der Waals surface area contributed by atoms with Crippen LogP contribution in [0.4, 0.5) is 17.1 Å². The SMILES string of the molecule is CCOC(=O)C1=NN(c2ccc(Cl)cc2)[C@H](c2cccs2)N1c1ccc(N2CCOCC2)cc1. The summed E-state index contributed by atoms with van der Waals surface area (Å²) in [5, 5.41) is 9.27. The van der Waals surface area contributed by atoms with Crippen LogP contribution in [-0.4, -0.2) is 44.7 Å². The van der Waals surface area contributed by atoms with Crippen molar-refractivity contribution in [3.05, 3.63) is 75.9 Å². The maximum Gasteiger partial charge on any atom is 0.376 e. The Bertz CT molecular complexity index is 1150. The highest BCUT2D eigenvalue weighted by Gasteiger charge is 2.41. The molecule has 1 atom stereocenters. The number of carbonyl (C=O) groups excluding carboxylic acids is 1. The lowest BCUT2D eigenvalue weighted by molar-refractivity contribution is -0.135. The molecule has 0 aliphatic carbocycles. The quantitative estimate of drug-likeness (QED) is 0.440. The molecule has 0 spiro atoms. The fourth-order valence-corrected chi connectivity index (χ4v) is 5.08. The standard InChI is InChI=1S/C25H25ClN4O3S/c1-2-33-25(31)23-27-30(21-7-5-18(26)6-8-21)24(22-4-3-17-34-22)29(23)20-11-9-19(10-12-20)28-13-15-32-16-14-28/h3-12,17,24H,2,13-16H2,1H3/t24-/m1/s1. The lowest BCUT2D eigenvalue weighted by atomic mass is 10.2. The Kier molecular flexibility index (Phi) is 6.71. The molecule has 9 heteroatoms. The second kappa shape index (κ2) is 10.0. The second-order valence-electron chi connectivity index (χ2n) is 7.84. The number of rotatable bonds is 6. The van der Waals surface area contributed by atoms with E-state index in [1.807, 2.05) is 57.8 Å². The van der Waals surface area contributed by atoms with Crippen LogP contribution < -0.4 is 14.8 Å². The first-order valence-electron chi connectivity index (χ1n) is 11.2. The average molecular weight is 497 g/mol. The van der Waals surface area contributed by atoms with Gasteiger partial charge in [0.1, 0.15) is 0 Å². The van der Waals surface area contributed by atoms with Gasteiger partial charge < -0.3 is 14.4 Å². The highest BCUT2D eigenvalue weighted by molar-refractivity contribution is 7.10. The van der Waals surface area contributed by atoms with Gasteiger partial charge in [0.2, 0.25) is 5.84 Å². The minimum absolute atomic E-state index is 0.245. The smallest absolute Gasteiger partial charge is 0.376 e. The van der Waals surface area contributed by atoms with Gasteiger partial charge in [-0.05, 0) is 66.9 Å². The summed E-state index contributed by atoms with van der Waals surface area (Å²) in [6, 6.07) is 19.7. The maximum atomic E-state index is 13.0. The van der Waals surface area contributed by atoms with Gasteiger partial charge in [0.25, 0.3) is 0 Å². The molecule has 1 fully saturated rings. The van der Waals surface area contributed by atoms with Gasteiger partial charge in [0.15, 0.2) is 6.17 Å². The lowest BCUT2D eigenvalue weighted by Crippen LogP contribution is -2.39. The fourth-order valence-electron chi connectivity index (χ4n) is 4.15. The molecule has 1 saturated heterocycles. The maximum absolute atomic E-state index is 13.0. The molecule has 1 aromatic heterocycles. The fraction of sp³-hybridized carbons (Fsp3) is 0.280. The Hall–Kier alpha value is -3.07. The van der Waals surface area contributed by atoms with Crippen LogP contribution in [0.25, 0.3) is 0 Å². The number of esters is 1. The van der Waals surface area contributed by atoms with Crippen molar-refractivity contribution in [2.45, 2.75) is 13.1 Å². The molecule has 2 aliphatic rings. The molecule has 0 bridgehead atoms. The topological polar surface area (TPSA) is 57.6 Å². The van der Waals surface area contributed by atoms with Crippen molar-refractivity contribution >= 4 is 51.8 Å². The van der Waals surface area contributed by atoms with Crippen molar-refractivity contribution in [3.8, 4) is 0 Å². The van der Waals surface area contributed by atoms with Gasteiger partial charge in [-0.15, -0.1) is 16.4 Å². The molecule has 176 valence electrons. The number of nitrogens with zero attached hydrogens (tertiary/aromatic N) is 4. The largest absolute Gasteiger partial charge is 0.460 e. The minimum atomic E-state index is -0.460. The van der Waals surface area contributed by atoms with E-state index >= 15 is 0 Å². The zero-order chi connectivity index (χ0) is 23.5. The van der Waals surface area contributed by atoms with Crippen LogP contribution in [0.15, 0.2) is 71.1 Å². The van der Waals surface area contributed by atoms with Crippen LogP contribution in [0, 0.1) is 0 Å². The first-order valence-corrected chi connectivity index (χ1v) is 12.5. The molecule has 0 saturated carbocycles. The summed E-state index contributed by atoms with van der Waals surface area (Å²) in [4.78, 5) is 18.3. The van der Waals surface area contributed by atoms with Crippen molar-refractivity contribution in [2.24, 2.45) is 5.10 Å². The second-order valence-corrected chi connectivity index (χ2v) is 9.26. The Morgan fingerprint density at radius 2 is 1.74 bits per heavy atom. The van der Waals surface area contributed by atoms with Gasteiger partial charge >= 0.3 is 5.97 Å². The van der Waals surface area contributed by atoms with Gasteiger partial charge in [-0.3, -0.25) is 4.90 Å². The molecular weight excluding hydrogens is 472 g/mol. The summed E-state index contributed by atoms with van der Waals surface area (Å²) in [6.07, 6.45) is -0.338. The van der Waals surface area contributed by atoms with E-state index in [-0.39, 0.29) is 18.6 Å². The third-order valence-electron chi connectivity index (χ3n) is 5.76. The number of carbonyl (C=O) groups is 1. The van der Waals surface area contributed by atoms with Crippen LogP contribution in [0.2, 0.25) is 5.02 Å². The third kappa shape index (κ3) is 4.49. The number of ether oxygens (including phenoxy) is 2. The summed E-state index contributed by atoms with van der Waals surface area (Å²) < 4.78 is 10.9. The molecule has 3 heterocycles. The monoisotopic (exact) mass is 496 g/mol. The van der Waals surface area contributed by atoms with Gasteiger partial charge in [-0.1, -0.05) is 17.7 Å². The normalized spacial score (nSPS) is 18.2. The van der Waals surface area contributed by atoms with E-state index < -0.39 is 5.97 Å². The van der Waals surface area contributed by atoms with Crippen LogP contribution in [0.5, 0.6) is 0 Å². The van der Waals surface area contributed by atoms with Crippen LogP contribution in [0.1, 0.15) is 18.0 Å². The molecule has 0 N–H and O–H groups in total. The summed E-state index contributed by atoms with van der Waals surface area (Å²) in [6.45, 7) is 5.24. The predicted molar refractivity (Wildman–Crippen MR) is 137 cm³/mol. The van der Waals surface area contributed by atoms with Gasteiger partial charge in [-0.25, -0.2) is 9.80 Å². The molecule has 7 nitrogen and oxygen atoms in total. The third-order valence-corrected chi connectivity index (χ3v) is 6.92. The first-order chi connectivity index (χ1) is 16.7. The Morgan fingerprint density at radius 1 is 1.06 bits per heavy atom. The molecular formula is C25H25ClN4O3S. The van der Waals surface area contributed by atoms with Crippen LogP contribution in [0.3, 0.4) is 0 Å². The zero-order valence-electron chi connectivity index (χ0n) is 18.8. The molecule has 2 aliphatic heterocycles. The van der Waals surface area contributed by atoms with Gasteiger partial charge in [0.05, 0.1) is 25.5 Å². The van der Waals surface area contributed by atoms with Gasteiger partial charge in [-0.2, -0.15) is 0 Å². The van der Waals surface area contributed by atoms with Crippen LogP contribution in [-0.2, 0) is 14.3 Å². The van der Waals surface area contributed by atoms with Crippen molar-refractivity contribution in [1.29, 1.82) is 0 Å². The molecule has 2 aromatic carbocycles. The number of hydrogen-bond donors (Lipinski definition) is 0. The van der Waals surface area contributed by atoms with Gasteiger partial charge in [0, 0.05) is 34.4 Å². The molecule has 5 rings (SSSR count). The summed E-state index contributed by atoms with van der Waals surface area (Å²) in [7, 11) is 0. The Balaban J connectivity index is 1.56. The summed E-state index contributed by atoms with van der Waals surface area (Å²) >= 11 is 7.75. The van der Waals surface area contributed by atoms with Crippen molar-refractivity contribution in [2.75, 3.05) is 47.7 Å². The molecule has 0 amide bonds. The first kappa shape index (κ1) is 22.7. The number of hydrazone groups is 1. The van der Waals surface area contributed by atoms with E-state index in [1.165, 1.54) is 0 Å². The van der Waals surface area contributed by atoms with E-state index in [0.29, 0.717) is 5.02 Å². The predicted octanol–water partition coefficient (Wildman–Crippen LogP) is 5.14.